The van der Waals surface area contributed by atoms with Gasteiger partial charge in [0.25, 0.3) is 0 Å². The highest BCUT2D eigenvalue weighted by Gasteiger charge is 2.19. The van der Waals surface area contributed by atoms with E-state index in [1.165, 1.54) is 116 Å². The van der Waals surface area contributed by atoms with Gasteiger partial charge in [-0.1, -0.05) is 253 Å². The Hall–Kier alpha value is -3.67. The number of unbranched alkanes of at least 4 members (excludes halogenated alkanes) is 30. The van der Waals surface area contributed by atoms with E-state index in [0.29, 0.717) is 19.3 Å². The molecule has 0 aliphatic carbocycles. The van der Waals surface area contributed by atoms with Gasteiger partial charge in [-0.2, -0.15) is 0 Å². The number of carbonyl (C=O) groups is 3. The zero-order valence-electron chi connectivity index (χ0n) is 46.5. The first kappa shape index (κ1) is 67.3. The van der Waals surface area contributed by atoms with Crippen LogP contribution >= 0.6 is 0 Å². The summed E-state index contributed by atoms with van der Waals surface area (Å²) < 4.78 is 16.9. The Balaban J connectivity index is 4.49. The molecule has 0 N–H and O–H groups in total. The number of hydrogen-bond acceptors (Lipinski definition) is 6. The van der Waals surface area contributed by atoms with Gasteiger partial charge in [-0.15, -0.1) is 0 Å². The Labute approximate surface area is 438 Å². The van der Waals surface area contributed by atoms with Crippen LogP contribution in [-0.2, 0) is 28.6 Å². The molecule has 6 nitrogen and oxygen atoms in total. The molecule has 0 saturated carbocycles. The molecular formula is C65H110O6. The fourth-order valence-electron chi connectivity index (χ4n) is 8.12. The van der Waals surface area contributed by atoms with Crippen molar-refractivity contribution in [1.29, 1.82) is 0 Å². The minimum atomic E-state index is -0.802. The SMILES string of the molecule is CCCCC/C=C\C/C=C\CCCCCCCCCC(=O)OCC(COC(=O)CCCCCCC\C=C/C=C\C=C/CCCCCCC)OC(=O)CCCCCCC\C=C/C=C\C=C/CCCCCCC. The fraction of sp³-hybridized carbons (Fsp3) is 0.708. The van der Waals surface area contributed by atoms with E-state index in [4.69, 9.17) is 14.2 Å². The molecule has 0 aromatic heterocycles. The predicted molar refractivity (Wildman–Crippen MR) is 307 cm³/mol. The quantitative estimate of drug-likeness (QED) is 0.0199. The van der Waals surface area contributed by atoms with E-state index in [1.54, 1.807) is 0 Å². The van der Waals surface area contributed by atoms with E-state index in [9.17, 15) is 14.4 Å². The first-order chi connectivity index (χ1) is 35.0. The van der Waals surface area contributed by atoms with Gasteiger partial charge in [0.15, 0.2) is 6.10 Å². The standard InChI is InChI=1S/C65H110O6/c1-4-7-10-13-16-19-22-25-28-31-34-37-40-43-46-49-52-55-58-64(67)70-61-62(60-69-63(66)57-54-51-48-45-42-39-36-33-30-27-24-21-18-15-12-9-6-3)71-65(68)59-56-53-50-47-44-41-38-35-32-29-26-23-20-17-14-11-8-5-2/h18,21-23,25-32,34-35,37-38,62H,4-17,19-20,24,33,36,39-61H2,1-3H3/b21-18-,25-22-,26-23-,30-27-,31-28-,32-29-,37-34-,38-35-. The van der Waals surface area contributed by atoms with Gasteiger partial charge in [-0.3, -0.25) is 14.4 Å². The molecule has 0 aromatic rings. The van der Waals surface area contributed by atoms with Crippen LogP contribution in [0, 0.1) is 0 Å². The molecule has 0 heterocycles. The van der Waals surface area contributed by atoms with E-state index < -0.39 is 6.10 Å². The van der Waals surface area contributed by atoms with Gasteiger partial charge in [0, 0.05) is 19.3 Å². The Morgan fingerprint density at radius 3 is 0.915 bits per heavy atom. The summed E-state index contributed by atoms with van der Waals surface area (Å²) in [4.78, 5) is 38.2. The van der Waals surface area contributed by atoms with Crippen LogP contribution in [0.3, 0.4) is 0 Å². The maximum atomic E-state index is 12.9. The average molecular weight is 988 g/mol. The van der Waals surface area contributed by atoms with Crippen molar-refractivity contribution in [1.82, 2.24) is 0 Å². The number of rotatable bonds is 53. The predicted octanol–water partition coefficient (Wildman–Crippen LogP) is 20.1. The summed E-state index contributed by atoms with van der Waals surface area (Å²) in [5, 5.41) is 0. The second-order valence-electron chi connectivity index (χ2n) is 19.7. The average Bonchev–Trinajstić information content (AvgIpc) is 3.37. The van der Waals surface area contributed by atoms with Crippen molar-refractivity contribution in [2.45, 2.75) is 284 Å². The highest BCUT2D eigenvalue weighted by molar-refractivity contribution is 5.71. The monoisotopic (exact) mass is 987 g/mol. The third-order valence-corrected chi connectivity index (χ3v) is 12.7. The summed E-state index contributed by atoms with van der Waals surface area (Å²) in [5.74, 6) is -0.940. The summed E-state index contributed by atoms with van der Waals surface area (Å²) in [6.07, 6.45) is 78.1. The molecular weight excluding hydrogens is 877 g/mol. The van der Waals surface area contributed by atoms with Gasteiger partial charge in [0.2, 0.25) is 0 Å². The zero-order valence-corrected chi connectivity index (χ0v) is 46.5. The number of esters is 3. The third-order valence-electron chi connectivity index (χ3n) is 12.7. The molecule has 6 heteroatoms. The first-order valence-electron chi connectivity index (χ1n) is 29.8. The minimum Gasteiger partial charge on any atom is -0.462 e. The smallest absolute Gasteiger partial charge is 0.306 e. The maximum Gasteiger partial charge on any atom is 0.306 e. The summed E-state index contributed by atoms with van der Waals surface area (Å²) in [6, 6.07) is 0. The molecule has 0 aliphatic heterocycles. The molecule has 1 atom stereocenters. The van der Waals surface area contributed by atoms with Crippen molar-refractivity contribution in [3.63, 3.8) is 0 Å². The van der Waals surface area contributed by atoms with E-state index in [2.05, 4.69) is 118 Å². The molecule has 0 rings (SSSR count). The maximum absolute atomic E-state index is 12.9. The van der Waals surface area contributed by atoms with Gasteiger partial charge in [-0.25, -0.2) is 0 Å². The summed E-state index contributed by atoms with van der Waals surface area (Å²) in [7, 11) is 0. The minimum absolute atomic E-state index is 0.0974. The first-order valence-corrected chi connectivity index (χ1v) is 29.8. The van der Waals surface area contributed by atoms with Crippen LogP contribution < -0.4 is 0 Å². The van der Waals surface area contributed by atoms with E-state index >= 15 is 0 Å². The lowest BCUT2D eigenvalue weighted by molar-refractivity contribution is -0.167. The van der Waals surface area contributed by atoms with Crippen LogP contribution in [0.25, 0.3) is 0 Å². The van der Waals surface area contributed by atoms with E-state index in [-0.39, 0.29) is 31.1 Å². The normalized spacial score (nSPS) is 12.8. The molecule has 0 bridgehead atoms. The Morgan fingerprint density at radius 2 is 0.563 bits per heavy atom. The molecule has 0 aromatic carbocycles. The Morgan fingerprint density at radius 1 is 0.296 bits per heavy atom. The van der Waals surface area contributed by atoms with Gasteiger partial charge in [0.05, 0.1) is 0 Å². The van der Waals surface area contributed by atoms with Crippen molar-refractivity contribution in [3.8, 4) is 0 Å². The highest BCUT2D eigenvalue weighted by Crippen LogP contribution is 2.14. The highest BCUT2D eigenvalue weighted by atomic mass is 16.6. The van der Waals surface area contributed by atoms with Crippen molar-refractivity contribution in [2.75, 3.05) is 13.2 Å². The van der Waals surface area contributed by atoms with Gasteiger partial charge in [-0.05, 0) is 103 Å². The molecule has 71 heavy (non-hydrogen) atoms. The summed E-state index contributed by atoms with van der Waals surface area (Å²) in [5.41, 5.74) is 0. The number of carbonyl (C=O) groups excluding carboxylic acids is 3. The zero-order chi connectivity index (χ0) is 51.4. The van der Waals surface area contributed by atoms with Crippen molar-refractivity contribution in [3.05, 3.63) is 97.2 Å². The second kappa shape index (κ2) is 58.9. The Kier molecular flexibility index (Phi) is 55.9. The van der Waals surface area contributed by atoms with E-state index in [1.807, 2.05) is 0 Å². The van der Waals surface area contributed by atoms with Gasteiger partial charge in [0.1, 0.15) is 13.2 Å². The second-order valence-corrected chi connectivity index (χ2v) is 19.7. The van der Waals surface area contributed by atoms with Crippen LogP contribution in [0.2, 0.25) is 0 Å². The molecule has 0 saturated heterocycles. The molecule has 0 spiro atoms. The lowest BCUT2D eigenvalue weighted by atomic mass is 10.1. The molecule has 406 valence electrons. The van der Waals surface area contributed by atoms with Gasteiger partial charge < -0.3 is 14.2 Å². The van der Waals surface area contributed by atoms with E-state index in [0.717, 1.165) is 122 Å². The molecule has 0 radical (unpaired) electrons. The third kappa shape index (κ3) is 57.1. The summed E-state index contributed by atoms with van der Waals surface area (Å²) >= 11 is 0. The number of allylic oxidation sites excluding steroid dienone is 16. The molecule has 0 aliphatic rings. The van der Waals surface area contributed by atoms with Crippen molar-refractivity contribution < 1.29 is 28.6 Å². The van der Waals surface area contributed by atoms with Crippen LogP contribution in [0.15, 0.2) is 97.2 Å². The summed E-state index contributed by atoms with van der Waals surface area (Å²) in [6.45, 7) is 6.55. The fourth-order valence-corrected chi connectivity index (χ4v) is 8.12. The molecule has 0 fully saturated rings. The van der Waals surface area contributed by atoms with Crippen molar-refractivity contribution >= 4 is 17.9 Å². The van der Waals surface area contributed by atoms with Crippen molar-refractivity contribution in [2.24, 2.45) is 0 Å². The topological polar surface area (TPSA) is 78.9 Å². The van der Waals surface area contributed by atoms with Crippen LogP contribution in [0.4, 0.5) is 0 Å². The lowest BCUT2D eigenvalue weighted by Crippen LogP contribution is -2.30. The lowest BCUT2D eigenvalue weighted by Gasteiger charge is -2.18. The Bertz CT molecular complexity index is 1410. The number of hydrogen-bond donors (Lipinski definition) is 0. The van der Waals surface area contributed by atoms with Crippen LogP contribution in [0.1, 0.15) is 278 Å². The molecule has 0 amide bonds. The largest absolute Gasteiger partial charge is 0.462 e. The van der Waals surface area contributed by atoms with Crippen LogP contribution in [-0.4, -0.2) is 37.2 Å². The van der Waals surface area contributed by atoms with Crippen LogP contribution in [0.5, 0.6) is 0 Å². The van der Waals surface area contributed by atoms with Gasteiger partial charge >= 0.3 is 17.9 Å². The number of ether oxygens (including phenoxy) is 3. The molecule has 1 unspecified atom stereocenters.